The highest BCUT2D eigenvalue weighted by molar-refractivity contribution is 6.67. The van der Waals surface area contributed by atoms with Gasteiger partial charge in [0.05, 0.1) is 14.2 Å². The lowest BCUT2D eigenvalue weighted by Crippen LogP contribution is -2.09. The zero-order valence-corrected chi connectivity index (χ0v) is 16.5. The Labute approximate surface area is 169 Å². The van der Waals surface area contributed by atoms with Crippen molar-refractivity contribution in [2.45, 2.75) is 5.92 Å². The highest BCUT2D eigenvalue weighted by Gasteiger charge is 2.22. The quantitative estimate of drug-likeness (QED) is 0.538. The van der Waals surface area contributed by atoms with Crippen LogP contribution in [0.25, 0.3) is 0 Å². The molecule has 0 saturated carbocycles. The van der Waals surface area contributed by atoms with Gasteiger partial charge in [-0.2, -0.15) is 0 Å². The van der Waals surface area contributed by atoms with Crippen LogP contribution in [0.3, 0.4) is 0 Å². The van der Waals surface area contributed by atoms with Crippen LogP contribution >= 0.6 is 24.0 Å². The second-order valence-electron chi connectivity index (χ2n) is 5.72. The van der Waals surface area contributed by atoms with E-state index in [4.69, 9.17) is 21.1 Å². The van der Waals surface area contributed by atoms with Crippen molar-refractivity contribution in [1.82, 2.24) is 4.98 Å². The third kappa shape index (κ3) is 4.59. The summed E-state index contributed by atoms with van der Waals surface area (Å²) >= 11 is 5.82. The second-order valence-corrected chi connectivity index (χ2v) is 6.06. The summed E-state index contributed by atoms with van der Waals surface area (Å²) in [5.74, 6) is 1.34. The molecule has 0 aliphatic carbocycles. The van der Waals surface area contributed by atoms with E-state index in [-0.39, 0.29) is 18.3 Å². The smallest absolute Gasteiger partial charge is 0.252 e. The molecule has 0 spiro atoms. The third-order valence-electron chi connectivity index (χ3n) is 4.27. The Balaban J connectivity index is 0.00000261. The molecule has 3 aromatic rings. The van der Waals surface area contributed by atoms with Crippen molar-refractivity contribution >= 4 is 29.3 Å². The summed E-state index contributed by atoms with van der Waals surface area (Å²) < 4.78 is 10.5. The number of benzene rings is 2. The lowest BCUT2D eigenvalue weighted by atomic mass is 9.84. The van der Waals surface area contributed by atoms with E-state index in [2.05, 4.69) is 4.98 Å². The maximum atomic E-state index is 11.9. The molecule has 3 rings (SSSR count). The molecule has 1 heterocycles. The first-order chi connectivity index (χ1) is 12.6. The van der Waals surface area contributed by atoms with Gasteiger partial charge in [-0.15, -0.1) is 12.4 Å². The lowest BCUT2D eigenvalue weighted by molar-refractivity contribution is 0.108. The Morgan fingerprint density at radius 3 is 1.78 bits per heavy atom. The number of nitrogens with zero attached hydrogens (tertiary/aromatic N) is 1. The molecule has 0 unspecified atom stereocenters. The normalized spacial score (nSPS) is 10.2. The van der Waals surface area contributed by atoms with E-state index >= 15 is 0 Å². The molecule has 2 aromatic carbocycles. The summed E-state index contributed by atoms with van der Waals surface area (Å²) in [5, 5.41) is -0.505. The number of pyridine rings is 1. The fourth-order valence-electron chi connectivity index (χ4n) is 2.96. The minimum atomic E-state index is -0.505. The number of aromatic nitrogens is 1. The number of hydrogen-bond donors (Lipinski definition) is 0. The topological polar surface area (TPSA) is 48.4 Å². The largest absolute Gasteiger partial charge is 0.497 e. The SMILES string of the molecule is COc1ccc(C(c2ccc(OC)cc2)c2cnccc2C(=O)Cl)cc1.Cl. The molecule has 6 heteroatoms. The van der Waals surface area contributed by atoms with Crippen LogP contribution in [0.15, 0.2) is 67.0 Å². The van der Waals surface area contributed by atoms with Crippen molar-refractivity contribution < 1.29 is 14.3 Å². The summed E-state index contributed by atoms with van der Waals surface area (Å²) in [7, 11) is 3.25. The van der Waals surface area contributed by atoms with Crippen molar-refractivity contribution in [3.63, 3.8) is 0 Å². The molecular formula is C21H19Cl2NO3. The molecule has 0 atom stereocenters. The standard InChI is InChI=1S/C21H18ClNO3.ClH/c1-25-16-7-3-14(4-8-16)20(15-5-9-17(26-2)10-6-15)19-13-23-12-11-18(19)21(22)24;/h3-13,20H,1-2H3;1H. The first-order valence-electron chi connectivity index (χ1n) is 8.05. The van der Waals surface area contributed by atoms with E-state index < -0.39 is 5.24 Å². The summed E-state index contributed by atoms with van der Waals surface area (Å²) in [6, 6.07) is 17.1. The van der Waals surface area contributed by atoms with Crippen LogP contribution in [0.1, 0.15) is 33.0 Å². The van der Waals surface area contributed by atoms with Gasteiger partial charge in [0.25, 0.3) is 5.24 Å². The van der Waals surface area contributed by atoms with Crippen LogP contribution in [-0.4, -0.2) is 24.4 Å². The number of halogens is 2. The van der Waals surface area contributed by atoms with Crippen LogP contribution < -0.4 is 9.47 Å². The molecule has 0 bridgehead atoms. The van der Waals surface area contributed by atoms with Gasteiger partial charge in [-0.25, -0.2) is 0 Å². The Morgan fingerprint density at radius 1 is 0.889 bits per heavy atom. The van der Waals surface area contributed by atoms with E-state index in [1.165, 1.54) is 0 Å². The van der Waals surface area contributed by atoms with Gasteiger partial charge in [-0.3, -0.25) is 9.78 Å². The molecule has 0 saturated heterocycles. The third-order valence-corrected chi connectivity index (χ3v) is 4.48. The zero-order chi connectivity index (χ0) is 18.5. The van der Waals surface area contributed by atoms with E-state index in [0.29, 0.717) is 5.56 Å². The van der Waals surface area contributed by atoms with E-state index in [1.54, 1.807) is 32.7 Å². The minimum Gasteiger partial charge on any atom is -0.497 e. The van der Waals surface area contributed by atoms with Crippen LogP contribution in [0.4, 0.5) is 0 Å². The first kappa shape index (κ1) is 20.7. The summed E-state index contributed by atoms with van der Waals surface area (Å²) in [6.45, 7) is 0. The molecule has 140 valence electrons. The predicted octanol–water partition coefficient (Wildman–Crippen LogP) is 5.08. The van der Waals surface area contributed by atoms with Crippen LogP contribution in [-0.2, 0) is 0 Å². The highest BCUT2D eigenvalue weighted by Crippen LogP contribution is 2.35. The van der Waals surface area contributed by atoms with Gasteiger partial charge in [0, 0.05) is 23.9 Å². The van der Waals surface area contributed by atoms with Crippen molar-refractivity contribution in [2.75, 3.05) is 14.2 Å². The molecule has 0 radical (unpaired) electrons. The first-order valence-corrected chi connectivity index (χ1v) is 8.43. The van der Waals surface area contributed by atoms with E-state index in [1.807, 2.05) is 48.5 Å². The minimum absolute atomic E-state index is 0. The van der Waals surface area contributed by atoms with Gasteiger partial charge in [0.15, 0.2) is 0 Å². The van der Waals surface area contributed by atoms with Crippen molar-refractivity contribution in [3.05, 3.63) is 89.2 Å². The van der Waals surface area contributed by atoms with Gasteiger partial charge in [-0.1, -0.05) is 24.3 Å². The number of ether oxygens (including phenoxy) is 2. The fraction of sp³-hybridized carbons (Fsp3) is 0.143. The predicted molar refractivity (Wildman–Crippen MR) is 109 cm³/mol. The molecule has 4 nitrogen and oxygen atoms in total. The van der Waals surface area contributed by atoms with E-state index in [9.17, 15) is 4.79 Å². The Hall–Kier alpha value is -2.56. The average molecular weight is 404 g/mol. The Morgan fingerprint density at radius 2 is 1.37 bits per heavy atom. The van der Waals surface area contributed by atoms with Gasteiger partial charge in [0.1, 0.15) is 11.5 Å². The molecule has 0 fully saturated rings. The molecule has 27 heavy (non-hydrogen) atoms. The Bertz CT molecular complexity index is 849. The van der Waals surface area contributed by atoms with Gasteiger partial charge < -0.3 is 9.47 Å². The van der Waals surface area contributed by atoms with Crippen molar-refractivity contribution in [3.8, 4) is 11.5 Å². The number of carbonyl (C=O) groups excluding carboxylic acids is 1. The average Bonchev–Trinajstić information content (AvgIpc) is 2.69. The lowest BCUT2D eigenvalue weighted by Gasteiger charge is -2.21. The summed E-state index contributed by atoms with van der Waals surface area (Å²) in [6.07, 6.45) is 3.26. The molecule has 0 aliphatic heterocycles. The summed E-state index contributed by atoms with van der Waals surface area (Å²) in [4.78, 5) is 16.1. The maximum absolute atomic E-state index is 11.9. The van der Waals surface area contributed by atoms with Crippen LogP contribution in [0, 0.1) is 0 Å². The van der Waals surface area contributed by atoms with Crippen molar-refractivity contribution in [1.29, 1.82) is 0 Å². The number of methoxy groups -OCH3 is 2. The second kappa shape index (κ2) is 9.40. The Kier molecular flexibility index (Phi) is 7.22. The zero-order valence-electron chi connectivity index (χ0n) is 14.9. The number of carbonyl (C=O) groups is 1. The van der Waals surface area contributed by atoms with Crippen molar-refractivity contribution in [2.24, 2.45) is 0 Å². The molecule has 0 N–H and O–H groups in total. The number of rotatable bonds is 6. The van der Waals surface area contributed by atoms with E-state index in [0.717, 1.165) is 28.2 Å². The van der Waals surface area contributed by atoms with Gasteiger partial charge in [-0.05, 0) is 58.6 Å². The maximum Gasteiger partial charge on any atom is 0.252 e. The van der Waals surface area contributed by atoms with Crippen LogP contribution in [0.2, 0.25) is 0 Å². The molecule has 1 aromatic heterocycles. The monoisotopic (exact) mass is 403 g/mol. The molecule has 0 amide bonds. The van der Waals surface area contributed by atoms with Gasteiger partial charge >= 0.3 is 0 Å². The molecular weight excluding hydrogens is 385 g/mol. The van der Waals surface area contributed by atoms with Gasteiger partial charge in [0.2, 0.25) is 0 Å². The highest BCUT2D eigenvalue weighted by atomic mass is 35.5. The summed E-state index contributed by atoms with van der Waals surface area (Å²) in [5.41, 5.74) is 3.20. The van der Waals surface area contributed by atoms with Crippen LogP contribution in [0.5, 0.6) is 11.5 Å². The fourth-order valence-corrected chi connectivity index (χ4v) is 3.13. The molecule has 0 aliphatic rings. The number of hydrogen-bond acceptors (Lipinski definition) is 4.